The van der Waals surface area contributed by atoms with Gasteiger partial charge in [-0.1, -0.05) is 0 Å². The molecule has 0 amide bonds. The van der Waals surface area contributed by atoms with Crippen molar-refractivity contribution in [2.45, 2.75) is 19.9 Å². The molecule has 0 aliphatic carbocycles. The van der Waals surface area contributed by atoms with Crippen LogP contribution >= 0.6 is 0 Å². The zero-order chi connectivity index (χ0) is 13.3. The zero-order valence-electron chi connectivity index (χ0n) is 10.0. The first-order chi connectivity index (χ1) is 8.50. The number of aromatic carboxylic acids is 1. The highest BCUT2D eigenvalue weighted by molar-refractivity contribution is 5.89. The van der Waals surface area contributed by atoms with Crippen LogP contribution in [-0.4, -0.2) is 30.9 Å². The third kappa shape index (κ3) is 2.04. The number of aromatic hydroxyl groups is 1. The Morgan fingerprint density at radius 1 is 1.39 bits per heavy atom. The summed E-state index contributed by atoms with van der Waals surface area (Å²) in [4.78, 5) is 14.9. The number of carboxylic acids is 1. The van der Waals surface area contributed by atoms with Gasteiger partial charge in [0.2, 0.25) is 0 Å². The van der Waals surface area contributed by atoms with Gasteiger partial charge in [0.25, 0.3) is 0 Å². The molecular formula is C12H13N3O3. The van der Waals surface area contributed by atoms with Crippen molar-refractivity contribution >= 4 is 5.97 Å². The molecule has 0 atom stereocenters. The summed E-state index contributed by atoms with van der Waals surface area (Å²) in [5.74, 6) is -0.689. The van der Waals surface area contributed by atoms with E-state index in [4.69, 9.17) is 5.11 Å². The van der Waals surface area contributed by atoms with E-state index in [-0.39, 0.29) is 17.4 Å². The van der Waals surface area contributed by atoms with E-state index in [1.807, 2.05) is 13.8 Å². The average Bonchev–Trinajstić information content (AvgIpc) is 2.77. The molecule has 0 aliphatic heterocycles. The van der Waals surface area contributed by atoms with Gasteiger partial charge in [0.1, 0.15) is 12.1 Å². The van der Waals surface area contributed by atoms with Gasteiger partial charge >= 0.3 is 5.97 Å². The van der Waals surface area contributed by atoms with Gasteiger partial charge in [0.05, 0.1) is 11.1 Å². The number of hydrogen-bond acceptors (Lipinski definition) is 4. The normalized spacial score (nSPS) is 10.8. The Hall–Kier alpha value is -2.37. The summed E-state index contributed by atoms with van der Waals surface area (Å²) in [7, 11) is 0. The largest absolute Gasteiger partial charge is 0.507 e. The lowest BCUT2D eigenvalue weighted by atomic mass is 10.1. The van der Waals surface area contributed by atoms with E-state index < -0.39 is 5.97 Å². The van der Waals surface area contributed by atoms with Crippen LogP contribution in [0.5, 0.6) is 5.75 Å². The SMILES string of the molecule is CC(C)n1ncnc1-c1ccc(C(=O)O)cc1O. The molecule has 94 valence electrons. The lowest BCUT2D eigenvalue weighted by molar-refractivity contribution is 0.0696. The molecular weight excluding hydrogens is 234 g/mol. The molecule has 0 saturated heterocycles. The molecule has 0 spiro atoms. The summed E-state index contributed by atoms with van der Waals surface area (Å²) in [6.45, 7) is 3.89. The van der Waals surface area contributed by atoms with Crippen LogP contribution in [0.2, 0.25) is 0 Å². The highest BCUT2D eigenvalue weighted by atomic mass is 16.4. The summed E-state index contributed by atoms with van der Waals surface area (Å²) in [6, 6.07) is 4.26. The molecule has 2 aromatic rings. The molecule has 0 fully saturated rings. The van der Waals surface area contributed by atoms with Crippen LogP contribution in [0.3, 0.4) is 0 Å². The van der Waals surface area contributed by atoms with Crippen LogP contribution in [-0.2, 0) is 0 Å². The van der Waals surface area contributed by atoms with Gasteiger partial charge in [-0.05, 0) is 32.0 Å². The van der Waals surface area contributed by atoms with Crippen LogP contribution in [0.4, 0.5) is 0 Å². The van der Waals surface area contributed by atoms with Gasteiger partial charge in [-0.15, -0.1) is 0 Å². The van der Waals surface area contributed by atoms with E-state index in [1.165, 1.54) is 24.5 Å². The Bertz CT molecular complexity index is 590. The minimum absolute atomic E-state index is 0.0341. The van der Waals surface area contributed by atoms with Crippen molar-refractivity contribution in [1.29, 1.82) is 0 Å². The summed E-state index contributed by atoms with van der Waals surface area (Å²) in [5, 5.41) is 22.8. The first kappa shape index (κ1) is 12.1. The monoisotopic (exact) mass is 247 g/mol. The molecule has 2 N–H and O–H groups in total. The molecule has 1 aromatic heterocycles. The van der Waals surface area contributed by atoms with Crippen LogP contribution in [0.15, 0.2) is 24.5 Å². The van der Waals surface area contributed by atoms with Crippen LogP contribution in [0.25, 0.3) is 11.4 Å². The Morgan fingerprint density at radius 3 is 2.67 bits per heavy atom. The molecule has 6 nitrogen and oxygen atoms in total. The van der Waals surface area contributed by atoms with Gasteiger partial charge in [-0.2, -0.15) is 5.10 Å². The minimum atomic E-state index is -1.08. The van der Waals surface area contributed by atoms with Crippen LogP contribution in [0.1, 0.15) is 30.2 Å². The molecule has 6 heteroatoms. The van der Waals surface area contributed by atoms with E-state index in [2.05, 4.69) is 10.1 Å². The number of phenolic OH excluding ortho intramolecular Hbond substituents is 1. The Labute approximate surface area is 104 Å². The van der Waals surface area contributed by atoms with Crippen LogP contribution < -0.4 is 0 Å². The Morgan fingerprint density at radius 2 is 2.11 bits per heavy atom. The highest BCUT2D eigenvalue weighted by Crippen LogP contribution is 2.29. The average molecular weight is 247 g/mol. The van der Waals surface area contributed by atoms with E-state index in [0.29, 0.717) is 11.4 Å². The maximum atomic E-state index is 10.8. The van der Waals surface area contributed by atoms with Crippen molar-refractivity contribution in [3.63, 3.8) is 0 Å². The summed E-state index contributed by atoms with van der Waals surface area (Å²) >= 11 is 0. The summed E-state index contributed by atoms with van der Waals surface area (Å²) < 4.78 is 1.66. The van der Waals surface area contributed by atoms with Crippen molar-refractivity contribution in [2.75, 3.05) is 0 Å². The molecule has 2 rings (SSSR count). The fourth-order valence-electron chi connectivity index (χ4n) is 1.67. The quantitative estimate of drug-likeness (QED) is 0.865. The smallest absolute Gasteiger partial charge is 0.335 e. The number of rotatable bonds is 3. The summed E-state index contributed by atoms with van der Waals surface area (Å²) in [6.07, 6.45) is 1.40. The topological polar surface area (TPSA) is 88.2 Å². The Kier molecular flexibility index (Phi) is 3.01. The molecule has 0 saturated carbocycles. The maximum absolute atomic E-state index is 10.8. The molecule has 0 aliphatic rings. The summed E-state index contributed by atoms with van der Waals surface area (Å²) in [5.41, 5.74) is 0.498. The maximum Gasteiger partial charge on any atom is 0.335 e. The first-order valence-electron chi connectivity index (χ1n) is 5.47. The highest BCUT2D eigenvalue weighted by Gasteiger charge is 2.15. The lowest BCUT2D eigenvalue weighted by Gasteiger charge is -2.10. The number of carboxylic acid groups (broad SMARTS) is 1. The fraction of sp³-hybridized carbons (Fsp3) is 0.250. The lowest BCUT2D eigenvalue weighted by Crippen LogP contribution is -2.05. The number of phenols is 1. The minimum Gasteiger partial charge on any atom is -0.507 e. The van der Waals surface area contributed by atoms with Gasteiger partial charge in [0.15, 0.2) is 5.82 Å². The number of aromatic nitrogens is 3. The van der Waals surface area contributed by atoms with Crippen molar-refractivity contribution in [3.05, 3.63) is 30.1 Å². The van der Waals surface area contributed by atoms with Crippen molar-refractivity contribution in [3.8, 4) is 17.1 Å². The van der Waals surface area contributed by atoms with Crippen molar-refractivity contribution in [1.82, 2.24) is 14.8 Å². The second kappa shape index (κ2) is 4.48. The van der Waals surface area contributed by atoms with E-state index in [9.17, 15) is 9.90 Å². The molecule has 18 heavy (non-hydrogen) atoms. The van der Waals surface area contributed by atoms with Crippen LogP contribution in [0, 0.1) is 0 Å². The van der Waals surface area contributed by atoms with Gasteiger partial charge in [-0.3, -0.25) is 0 Å². The molecule has 1 aromatic carbocycles. The number of hydrogen-bond donors (Lipinski definition) is 2. The predicted octanol–water partition coefficient (Wildman–Crippen LogP) is 1.93. The standard InChI is InChI=1S/C12H13N3O3/c1-7(2)15-11(13-6-14-15)9-4-3-8(12(17)18)5-10(9)16/h3-7,16H,1-2H3,(H,17,18). The van der Waals surface area contributed by atoms with E-state index >= 15 is 0 Å². The second-order valence-corrected chi connectivity index (χ2v) is 4.16. The second-order valence-electron chi connectivity index (χ2n) is 4.16. The third-order valence-electron chi connectivity index (χ3n) is 2.55. The number of carbonyl (C=O) groups is 1. The first-order valence-corrected chi connectivity index (χ1v) is 5.47. The van der Waals surface area contributed by atoms with Gasteiger partial charge < -0.3 is 10.2 Å². The number of benzene rings is 1. The van der Waals surface area contributed by atoms with E-state index in [0.717, 1.165) is 0 Å². The third-order valence-corrected chi connectivity index (χ3v) is 2.55. The van der Waals surface area contributed by atoms with Crippen molar-refractivity contribution in [2.24, 2.45) is 0 Å². The van der Waals surface area contributed by atoms with Gasteiger partial charge in [-0.25, -0.2) is 14.5 Å². The van der Waals surface area contributed by atoms with Gasteiger partial charge in [0, 0.05) is 6.04 Å². The molecule has 1 heterocycles. The molecule has 0 bridgehead atoms. The fourth-order valence-corrected chi connectivity index (χ4v) is 1.67. The molecule has 0 unspecified atom stereocenters. The Balaban J connectivity index is 2.51. The number of nitrogens with zero attached hydrogens (tertiary/aromatic N) is 3. The molecule has 0 radical (unpaired) electrons. The zero-order valence-corrected chi connectivity index (χ0v) is 10.0. The predicted molar refractivity (Wildman–Crippen MR) is 64.5 cm³/mol. The van der Waals surface area contributed by atoms with E-state index in [1.54, 1.807) is 4.68 Å². The van der Waals surface area contributed by atoms with Crippen molar-refractivity contribution < 1.29 is 15.0 Å².